The zero-order chi connectivity index (χ0) is 22.3. The number of fused-ring (bicyclic) bond motifs is 2. The fourth-order valence-electron chi connectivity index (χ4n) is 6.89. The van der Waals surface area contributed by atoms with Gasteiger partial charge in [-0.3, -0.25) is 9.69 Å². The molecule has 2 heterocycles. The standard InChI is InChI=1S/C26H41NO4/c1-16-9-8-11-19(27(16)25(29)31-26(3,4)5)13-14-21-20-12-7-6-10-18(20)15-22-23(21)17(2)30-24(22)28/h13-14,16-23H,6-12,15H2,1-5H3/b14-13+/t16-,17+,18+,19+,20-,21+,22-,23+/m0/s1. The van der Waals surface area contributed by atoms with E-state index in [9.17, 15) is 9.59 Å². The third-order valence-electron chi connectivity index (χ3n) is 8.19. The molecule has 5 heteroatoms. The van der Waals surface area contributed by atoms with Gasteiger partial charge in [-0.25, -0.2) is 4.79 Å². The van der Waals surface area contributed by atoms with Gasteiger partial charge >= 0.3 is 12.1 Å². The van der Waals surface area contributed by atoms with Crippen LogP contribution in [0.2, 0.25) is 0 Å². The van der Waals surface area contributed by atoms with Gasteiger partial charge in [-0.1, -0.05) is 31.4 Å². The summed E-state index contributed by atoms with van der Waals surface area (Å²) >= 11 is 0. The predicted octanol–water partition coefficient (Wildman–Crippen LogP) is 5.72. The van der Waals surface area contributed by atoms with E-state index in [1.807, 2.05) is 25.7 Å². The van der Waals surface area contributed by atoms with Gasteiger partial charge in [0.05, 0.1) is 12.0 Å². The Balaban J connectivity index is 1.57. The van der Waals surface area contributed by atoms with Crippen LogP contribution in [0.15, 0.2) is 12.2 Å². The number of piperidine rings is 1. The molecule has 4 rings (SSSR count). The van der Waals surface area contributed by atoms with E-state index in [4.69, 9.17) is 9.47 Å². The summed E-state index contributed by atoms with van der Waals surface area (Å²) in [6.45, 7) is 9.97. The Kier molecular flexibility index (Phi) is 6.42. The summed E-state index contributed by atoms with van der Waals surface area (Å²) in [4.78, 5) is 27.5. The maximum Gasteiger partial charge on any atom is 0.411 e. The largest absolute Gasteiger partial charge is 0.462 e. The van der Waals surface area contributed by atoms with E-state index in [1.54, 1.807) is 0 Å². The number of nitrogens with zero attached hydrogens (tertiary/aromatic N) is 1. The average Bonchev–Trinajstić information content (AvgIpc) is 2.97. The summed E-state index contributed by atoms with van der Waals surface area (Å²) < 4.78 is 11.5. The van der Waals surface area contributed by atoms with Gasteiger partial charge < -0.3 is 9.47 Å². The van der Waals surface area contributed by atoms with Crippen molar-refractivity contribution in [3.8, 4) is 0 Å². The molecular formula is C26H41NO4. The molecule has 4 fully saturated rings. The van der Waals surface area contributed by atoms with Gasteiger partial charge in [-0.15, -0.1) is 0 Å². The van der Waals surface area contributed by atoms with Gasteiger partial charge in [0.2, 0.25) is 0 Å². The van der Waals surface area contributed by atoms with Crippen molar-refractivity contribution < 1.29 is 19.1 Å². The van der Waals surface area contributed by atoms with Crippen LogP contribution in [0.5, 0.6) is 0 Å². The fraction of sp³-hybridized carbons (Fsp3) is 0.846. The van der Waals surface area contributed by atoms with Crippen molar-refractivity contribution in [2.45, 2.75) is 110 Å². The Hall–Kier alpha value is -1.52. The molecule has 0 aromatic rings. The molecule has 0 bridgehead atoms. The molecule has 0 aromatic carbocycles. The van der Waals surface area contributed by atoms with Gasteiger partial charge in [0.15, 0.2) is 0 Å². The van der Waals surface area contributed by atoms with Gasteiger partial charge in [0, 0.05) is 12.0 Å². The van der Waals surface area contributed by atoms with Crippen LogP contribution in [0.1, 0.15) is 86.0 Å². The van der Waals surface area contributed by atoms with Crippen LogP contribution in [-0.2, 0) is 14.3 Å². The lowest BCUT2D eigenvalue weighted by Gasteiger charge is -2.46. The molecule has 2 saturated carbocycles. The lowest BCUT2D eigenvalue weighted by atomic mass is 9.57. The van der Waals surface area contributed by atoms with Crippen LogP contribution in [0.25, 0.3) is 0 Å². The normalized spacial score (nSPS) is 40.9. The van der Waals surface area contributed by atoms with Gasteiger partial charge in [-0.05, 0) is 84.5 Å². The number of carbonyl (C=O) groups excluding carboxylic acids is 2. The van der Waals surface area contributed by atoms with Crippen molar-refractivity contribution >= 4 is 12.1 Å². The molecule has 0 unspecified atom stereocenters. The Morgan fingerprint density at radius 1 is 1.06 bits per heavy atom. The van der Waals surface area contributed by atoms with Crippen molar-refractivity contribution in [2.24, 2.45) is 29.6 Å². The topological polar surface area (TPSA) is 55.8 Å². The first kappa shape index (κ1) is 22.7. The van der Waals surface area contributed by atoms with E-state index in [2.05, 4.69) is 26.0 Å². The lowest BCUT2D eigenvalue weighted by molar-refractivity contribution is -0.144. The summed E-state index contributed by atoms with van der Waals surface area (Å²) in [6, 6.07) is 0.240. The van der Waals surface area contributed by atoms with Crippen LogP contribution < -0.4 is 0 Å². The Morgan fingerprint density at radius 2 is 1.81 bits per heavy atom. The summed E-state index contributed by atoms with van der Waals surface area (Å²) in [5.41, 5.74) is -0.495. The van der Waals surface area contributed by atoms with Crippen molar-refractivity contribution in [1.82, 2.24) is 4.90 Å². The molecule has 2 saturated heterocycles. The number of esters is 1. The Morgan fingerprint density at radius 3 is 2.55 bits per heavy atom. The second kappa shape index (κ2) is 8.78. The number of carbonyl (C=O) groups is 2. The van der Waals surface area contributed by atoms with Crippen LogP contribution in [0.4, 0.5) is 4.79 Å². The van der Waals surface area contributed by atoms with Crippen molar-refractivity contribution in [3.05, 3.63) is 12.2 Å². The highest BCUT2D eigenvalue weighted by Gasteiger charge is 2.53. The lowest BCUT2D eigenvalue weighted by Crippen LogP contribution is -2.50. The first-order valence-electron chi connectivity index (χ1n) is 12.6. The number of likely N-dealkylation sites (tertiary alicyclic amines) is 1. The molecule has 0 radical (unpaired) electrons. The van der Waals surface area contributed by atoms with Crippen LogP contribution in [-0.4, -0.2) is 40.8 Å². The first-order chi connectivity index (χ1) is 14.7. The molecule has 174 valence electrons. The summed E-state index contributed by atoms with van der Waals surface area (Å²) in [5.74, 6) is 1.98. The molecule has 0 aromatic heterocycles. The second-order valence-corrected chi connectivity index (χ2v) is 11.5. The van der Waals surface area contributed by atoms with Gasteiger partial charge in [-0.2, -0.15) is 0 Å². The van der Waals surface area contributed by atoms with Crippen molar-refractivity contribution in [1.29, 1.82) is 0 Å². The Labute approximate surface area is 187 Å². The first-order valence-corrected chi connectivity index (χ1v) is 12.6. The molecule has 0 N–H and O–H groups in total. The number of cyclic esters (lactones) is 1. The highest BCUT2D eigenvalue weighted by molar-refractivity contribution is 5.75. The molecular weight excluding hydrogens is 390 g/mol. The molecule has 2 aliphatic heterocycles. The van der Waals surface area contributed by atoms with Crippen LogP contribution in [0.3, 0.4) is 0 Å². The van der Waals surface area contributed by atoms with E-state index >= 15 is 0 Å². The minimum atomic E-state index is -0.495. The quantitative estimate of drug-likeness (QED) is 0.414. The summed E-state index contributed by atoms with van der Waals surface area (Å²) in [6.07, 6.45) is 13.6. The molecule has 8 atom stereocenters. The number of amides is 1. The average molecular weight is 432 g/mol. The zero-order valence-corrected chi connectivity index (χ0v) is 20.0. The maximum absolute atomic E-state index is 13.0. The SMILES string of the molecule is C[C@H]1OC(=O)[C@H]2C[C@H]3CCCC[C@@H]3[C@@H](/C=C/[C@H]3CCC[C@H](C)N3C(=O)OC(C)(C)C)[C@H]21. The monoisotopic (exact) mass is 431 g/mol. The third-order valence-corrected chi connectivity index (χ3v) is 8.19. The van der Waals surface area contributed by atoms with Crippen LogP contribution in [0, 0.1) is 29.6 Å². The molecule has 5 nitrogen and oxygen atoms in total. The van der Waals surface area contributed by atoms with Gasteiger partial charge in [0.1, 0.15) is 11.7 Å². The van der Waals surface area contributed by atoms with E-state index in [-0.39, 0.29) is 42.1 Å². The summed E-state index contributed by atoms with van der Waals surface area (Å²) in [7, 11) is 0. The third kappa shape index (κ3) is 4.66. The molecule has 1 amide bonds. The second-order valence-electron chi connectivity index (χ2n) is 11.5. The molecule has 2 aliphatic carbocycles. The summed E-state index contributed by atoms with van der Waals surface area (Å²) in [5, 5.41) is 0. The van der Waals surface area contributed by atoms with E-state index in [0.29, 0.717) is 17.8 Å². The minimum absolute atomic E-state index is 0.0118. The van der Waals surface area contributed by atoms with E-state index < -0.39 is 5.60 Å². The molecule has 0 spiro atoms. The predicted molar refractivity (Wildman–Crippen MR) is 120 cm³/mol. The smallest absolute Gasteiger partial charge is 0.411 e. The fourth-order valence-corrected chi connectivity index (χ4v) is 6.89. The number of hydrogen-bond acceptors (Lipinski definition) is 4. The highest BCUT2D eigenvalue weighted by atomic mass is 16.6. The molecule has 31 heavy (non-hydrogen) atoms. The minimum Gasteiger partial charge on any atom is -0.462 e. The number of allylic oxidation sites excluding steroid dienone is 1. The van der Waals surface area contributed by atoms with Crippen molar-refractivity contribution in [3.63, 3.8) is 0 Å². The number of rotatable bonds is 2. The zero-order valence-electron chi connectivity index (χ0n) is 20.0. The Bertz CT molecular complexity index is 711. The van der Waals surface area contributed by atoms with Gasteiger partial charge in [0.25, 0.3) is 0 Å². The molecule has 4 aliphatic rings. The highest BCUT2D eigenvalue weighted by Crippen LogP contribution is 2.53. The van der Waals surface area contributed by atoms with E-state index in [0.717, 1.165) is 25.7 Å². The van der Waals surface area contributed by atoms with E-state index in [1.165, 1.54) is 25.7 Å². The number of hydrogen-bond donors (Lipinski definition) is 0. The van der Waals surface area contributed by atoms with Crippen LogP contribution >= 0.6 is 0 Å². The van der Waals surface area contributed by atoms with Crippen molar-refractivity contribution in [2.75, 3.05) is 0 Å². The maximum atomic E-state index is 13.0. The number of ether oxygens (including phenoxy) is 2.